The number of esters is 1. The van der Waals surface area contributed by atoms with Gasteiger partial charge in [0.1, 0.15) is 66.9 Å². The third kappa shape index (κ3) is 8.35. The van der Waals surface area contributed by atoms with Crippen LogP contribution in [-0.4, -0.2) is 139 Å². The number of phenols is 3. The first kappa shape index (κ1) is 40.2. The summed E-state index contributed by atoms with van der Waals surface area (Å²) in [6, 6.07) is 11.3. The number of phenolic OH excluding ortho intramolecular Hbond substituents is 3. The van der Waals surface area contributed by atoms with E-state index in [4.69, 9.17) is 32.8 Å². The first-order chi connectivity index (χ1) is 26.7. The summed E-state index contributed by atoms with van der Waals surface area (Å²) >= 11 is 0. The average molecular weight is 787 g/mol. The summed E-state index contributed by atoms with van der Waals surface area (Å²) in [5.74, 6) is -2.57. The third-order valence-electron chi connectivity index (χ3n) is 9.04. The molecule has 10 N–H and O–H groups in total. The normalized spacial score (nSPS) is 27.9. The van der Waals surface area contributed by atoms with E-state index in [0.29, 0.717) is 0 Å². The molecule has 2 fully saturated rings. The lowest BCUT2D eigenvalue weighted by Gasteiger charge is -2.40. The van der Waals surface area contributed by atoms with Gasteiger partial charge in [0.05, 0.1) is 19.3 Å². The molecule has 2 aromatic rings. The predicted octanol–water partition coefficient (Wildman–Crippen LogP) is -0.841. The van der Waals surface area contributed by atoms with Gasteiger partial charge in [-0.2, -0.15) is 0 Å². The first-order valence-electron chi connectivity index (χ1n) is 16.9. The number of aliphatic hydroxyl groups is 7. The summed E-state index contributed by atoms with van der Waals surface area (Å²) in [7, 11) is 1.31. The summed E-state index contributed by atoms with van der Waals surface area (Å²) in [5.41, 5.74) is -0.0264. The van der Waals surface area contributed by atoms with Crippen molar-refractivity contribution in [2.45, 2.75) is 61.4 Å². The van der Waals surface area contributed by atoms with Gasteiger partial charge in [-0.3, -0.25) is 4.79 Å². The van der Waals surface area contributed by atoms with Crippen LogP contribution in [0.2, 0.25) is 0 Å². The molecule has 0 aromatic heterocycles. The SMILES string of the molecule is COc1cc(-c2oc3cc(=O)cc(O)c-3cc2O[C@@H]2O[C@H](COC(=O)C=Cc3ccc(O)c(O[C@@H]4O[C@H](CO)[C@@H](O)[C@H](O)[C@H]4O)c3)[C@@H](O)[C@H](O)[C@H]2O)ccc1O. The molecular weight excluding hydrogens is 748 g/mol. The molecule has 6 rings (SSSR count). The van der Waals surface area contributed by atoms with E-state index in [2.05, 4.69) is 0 Å². The van der Waals surface area contributed by atoms with Gasteiger partial charge in [0.25, 0.3) is 0 Å². The Bertz CT molecular complexity index is 2080. The summed E-state index contributed by atoms with van der Waals surface area (Å²) in [6.45, 7) is -1.36. The molecule has 19 heteroatoms. The van der Waals surface area contributed by atoms with Crippen LogP contribution >= 0.6 is 0 Å². The van der Waals surface area contributed by atoms with Gasteiger partial charge in [-0.15, -0.1) is 0 Å². The zero-order valence-electron chi connectivity index (χ0n) is 29.2. The average Bonchev–Trinajstić information content (AvgIpc) is 3.18. The lowest BCUT2D eigenvalue weighted by molar-refractivity contribution is -0.278. The van der Waals surface area contributed by atoms with E-state index < -0.39 is 97.5 Å². The Morgan fingerprint density at radius 2 is 1.34 bits per heavy atom. The van der Waals surface area contributed by atoms with Crippen LogP contribution in [0.25, 0.3) is 28.7 Å². The van der Waals surface area contributed by atoms with Gasteiger partial charge < -0.3 is 83.9 Å². The maximum atomic E-state index is 12.7. The Labute approximate surface area is 315 Å². The maximum Gasteiger partial charge on any atom is 0.330 e. The topological polar surface area (TPSA) is 305 Å². The van der Waals surface area contributed by atoms with E-state index in [1.165, 1.54) is 55.7 Å². The number of aliphatic hydroxyl groups excluding tert-OH is 7. The molecule has 4 aliphatic rings. The highest BCUT2D eigenvalue weighted by Crippen LogP contribution is 2.43. The van der Waals surface area contributed by atoms with E-state index >= 15 is 0 Å². The molecule has 300 valence electrons. The summed E-state index contributed by atoms with van der Waals surface area (Å²) < 4.78 is 38.8. The Morgan fingerprint density at radius 3 is 2.02 bits per heavy atom. The molecule has 2 saturated heterocycles. The minimum Gasteiger partial charge on any atom is -0.507 e. The third-order valence-corrected chi connectivity index (χ3v) is 9.04. The lowest BCUT2D eigenvalue weighted by Crippen LogP contribution is -2.60. The van der Waals surface area contributed by atoms with Crippen LogP contribution in [0.4, 0.5) is 0 Å². The van der Waals surface area contributed by atoms with E-state index in [0.717, 1.165) is 18.2 Å². The van der Waals surface area contributed by atoms with Crippen molar-refractivity contribution < 1.29 is 88.7 Å². The maximum absolute atomic E-state index is 12.7. The number of methoxy groups -OCH3 is 1. The summed E-state index contributed by atoms with van der Waals surface area (Å²) in [4.78, 5) is 24.8. The minimum absolute atomic E-state index is 0.0263. The van der Waals surface area contributed by atoms with Gasteiger partial charge in [-0.25, -0.2) is 4.79 Å². The van der Waals surface area contributed by atoms with Gasteiger partial charge in [-0.1, -0.05) is 6.07 Å². The molecule has 56 heavy (non-hydrogen) atoms. The number of carbonyl (C=O) groups is 1. The quantitative estimate of drug-likeness (QED) is 0.0655. The Balaban J connectivity index is 1.16. The molecule has 0 amide bonds. The van der Waals surface area contributed by atoms with Crippen LogP contribution in [0.15, 0.2) is 69.9 Å². The molecule has 3 aliphatic heterocycles. The second-order valence-corrected chi connectivity index (χ2v) is 12.8. The van der Waals surface area contributed by atoms with E-state index in [1.54, 1.807) is 0 Å². The van der Waals surface area contributed by atoms with Crippen LogP contribution in [0.3, 0.4) is 0 Å². The van der Waals surface area contributed by atoms with Crippen LogP contribution in [0, 0.1) is 0 Å². The van der Waals surface area contributed by atoms with Gasteiger partial charge in [0.2, 0.25) is 12.6 Å². The van der Waals surface area contributed by atoms with E-state index in [1.807, 2.05) is 0 Å². The second kappa shape index (κ2) is 16.7. The second-order valence-electron chi connectivity index (χ2n) is 12.8. The molecule has 3 heterocycles. The van der Waals surface area contributed by atoms with Gasteiger partial charge >= 0.3 is 5.97 Å². The van der Waals surface area contributed by atoms with E-state index in [-0.39, 0.29) is 51.2 Å². The van der Waals surface area contributed by atoms with Crippen molar-refractivity contribution in [1.82, 2.24) is 0 Å². The largest absolute Gasteiger partial charge is 0.507 e. The number of hydrogen-bond acceptors (Lipinski definition) is 19. The standard InChI is InChI=1S/C37H38O19/c1-50-23-9-16(4-6-19(23)40)35-25(12-18-21(42)10-17(39)11-22(18)52-35)54-37-34(49)32(47)30(45)27(56-37)14-51-28(43)7-3-15-2-5-20(41)24(8-15)53-36-33(48)31(46)29(44)26(13-38)55-36/h2-12,26-27,29-34,36-38,40-42,44-49H,13-14H2,1H3/t26-,27-,29-,30-,31+,32+,33-,34-,36-,37-/m1/s1. The molecule has 0 saturated carbocycles. The first-order valence-corrected chi connectivity index (χ1v) is 16.9. The van der Waals surface area contributed by atoms with Crippen molar-refractivity contribution in [3.8, 4) is 57.1 Å². The fourth-order valence-electron chi connectivity index (χ4n) is 5.95. The zero-order valence-corrected chi connectivity index (χ0v) is 29.2. The Hall–Kier alpha value is -5.48. The highest BCUT2D eigenvalue weighted by atomic mass is 16.7. The van der Waals surface area contributed by atoms with Gasteiger partial charge in [0, 0.05) is 23.8 Å². The Kier molecular flexibility index (Phi) is 12.0. The molecule has 0 radical (unpaired) electrons. The summed E-state index contributed by atoms with van der Waals surface area (Å²) in [6.07, 6.45) is -14.5. The highest BCUT2D eigenvalue weighted by Gasteiger charge is 2.47. The van der Waals surface area contributed by atoms with Crippen molar-refractivity contribution in [3.05, 3.63) is 76.5 Å². The van der Waals surface area contributed by atoms with Crippen molar-refractivity contribution in [2.24, 2.45) is 0 Å². The molecular formula is C37H38O19. The molecule has 10 atom stereocenters. The molecule has 0 unspecified atom stereocenters. The Morgan fingerprint density at radius 1 is 0.714 bits per heavy atom. The van der Waals surface area contributed by atoms with Crippen LogP contribution in [-0.2, 0) is 19.0 Å². The molecule has 0 spiro atoms. The highest BCUT2D eigenvalue weighted by molar-refractivity contribution is 5.87. The fourth-order valence-corrected chi connectivity index (χ4v) is 5.95. The number of aromatic hydroxyl groups is 3. The monoisotopic (exact) mass is 786 g/mol. The molecule has 1 aliphatic carbocycles. The number of fused-ring (bicyclic) bond motifs is 1. The number of ether oxygens (including phenoxy) is 6. The smallest absolute Gasteiger partial charge is 0.330 e. The van der Waals surface area contributed by atoms with E-state index in [9.17, 15) is 60.7 Å². The molecule has 19 nitrogen and oxygen atoms in total. The number of benzene rings is 3. The zero-order chi connectivity index (χ0) is 40.4. The number of rotatable bonds is 11. The fraction of sp³-hybridized carbons (Fsp3) is 0.351. The predicted molar refractivity (Wildman–Crippen MR) is 187 cm³/mol. The van der Waals surface area contributed by atoms with Crippen molar-refractivity contribution in [3.63, 3.8) is 0 Å². The molecule has 0 bridgehead atoms. The van der Waals surface area contributed by atoms with Crippen LogP contribution < -0.4 is 19.6 Å². The van der Waals surface area contributed by atoms with Gasteiger partial charge in [0.15, 0.2) is 39.9 Å². The lowest BCUT2D eigenvalue weighted by atomic mass is 9.99. The summed E-state index contributed by atoms with van der Waals surface area (Å²) in [5, 5.41) is 103. The molecule has 2 aromatic carbocycles. The van der Waals surface area contributed by atoms with Crippen molar-refractivity contribution in [1.29, 1.82) is 0 Å². The van der Waals surface area contributed by atoms with Crippen molar-refractivity contribution >= 4 is 12.0 Å². The number of hydrogen-bond donors (Lipinski definition) is 10. The van der Waals surface area contributed by atoms with Crippen molar-refractivity contribution in [2.75, 3.05) is 20.3 Å². The van der Waals surface area contributed by atoms with Gasteiger partial charge in [-0.05, 0) is 48.0 Å². The van der Waals surface area contributed by atoms with Crippen LogP contribution in [0.5, 0.6) is 34.5 Å². The minimum atomic E-state index is -1.88. The number of carbonyl (C=O) groups excluding carboxylic acids is 1. The van der Waals surface area contributed by atoms with Crippen LogP contribution in [0.1, 0.15) is 5.56 Å².